The summed E-state index contributed by atoms with van der Waals surface area (Å²) in [5.74, 6) is -0.946. The summed E-state index contributed by atoms with van der Waals surface area (Å²) in [5, 5.41) is 12.7. The zero-order valence-corrected chi connectivity index (χ0v) is 22.1. The Kier molecular flexibility index (Phi) is 7.65. The number of anilines is 2. The first-order valence-electron chi connectivity index (χ1n) is 13.1. The Labute approximate surface area is 229 Å². The molecule has 39 heavy (non-hydrogen) atoms. The average molecular weight is 566 g/mol. The molecule has 0 saturated carbocycles. The molecule has 1 aromatic carbocycles. The third-order valence-electron chi connectivity index (χ3n) is 7.98. The number of aromatic nitrogens is 2. The summed E-state index contributed by atoms with van der Waals surface area (Å²) in [4.78, 5) is 21.5. The van der Waals surface area contributed by atoms with E-state index in [-0.39, 0.29) is 22.8 Å². The summed E-state index contributed by atoms with van der Waals surface area (Å²) in [6.45, 7) is 1.73. The number of alkyl halides is 3. The summed E-state index contributed by atoms with van der Waals surface area (Å²) in [6, 6.07) is 5.18. The van der Waals surface area contributed by atoms with Gasteiger partial charge in [0, 0.05) is 36.3 Å². The Balaban J connectivity index is 1.39. The Morgan fingerprint density at radius 2 is 2.00 bits per heavy atom. The summed E-state index contributed by atoms with van der Waals surface area (Å²) < 4.78 is 48.9. The quantitative estimate of drug-likeness (QED) is 0.427. The second-order valence-corrected chi connectivity index (χ2v) is 11.1. The van der Waals surface area contributed by atoms with Crippen molar-refractivity contribution in [3.63, 3.8) is 0 Å². The number of carboxylic acids is 1. The lowest BCUT2D eigenvalue weighted by Gasteiger charge is -2.39. The van der Waals surface area contributed by atoms with Gasteiger partial charge in [0.25, 0.3) is 0 Å². The van der Waals surface area contributed by atoms with Crippen LogP contribution in [0.25, 0.3) is 5.57 Å². The molecule has 5 rings (SSSR count). The number of nitrogen functional groups attached to an aromatic ring is 1. The lowest BCUT2D eigenvalue weighted by molar-refractivity contribution is -0.198. The van der Waals surface area contributed by atoms with Gasteiger partial charge in [0.2, 0.25) is 17.9 Å². The fourth-order valence-electron chi connectivity index (χ4n) is 5.88. The molecule has 2 aliphatic heterocycles. The van der Waals surface area contributed by atoms with Crippen molar-refractivity contribution in [1.29, 1.82) is 0 Å². The minimum atomic E-state index is -4.73. The number of aliphatic carboxylic acids is 1. The number of carbonyl (C=O) groups is 1. The molecule has 0 bridgehead atoms. The van der Waals surface area contributed by atoms with Crippen molar-refractivity contribution in [2.45, 2.75) is 63.3 Å². The predicted octanol–water partition coefficient (Wildman–Crippen LogP) is 5.39. The van der Waals surface area contributed by atoms with E-state index in [0.29, 0.717) is 48.9 Å². The van der Waals surface area contributed by atoms with E-state index in [1.807, 2.05) is 11.0 Å². The van der Waals surface area contributed by atoms with Crippen LogP contribution in [0.1, 0.15) is 62.2 Å². The number of allylic oxidation sites excluding steroid dienone is 2. The third-order valence-corrected chi connectivity index (χ3v) is 8.22. The summed E-state index contributed by atoms with van der Waals surface area (Å²) in [5.41, 5.74) is 7.01. The van der Waals surface area contributed by atoms with Gasteiger partial charge in [-0.2, -0.15) is 23.1 Å². The highest BCUT2D eigenvalue weighted by atomic mass is 35.5. The number of nitrogens with two attached hydrogens (primary N) is 1. The predicted molar refractivity (Wildman–Crippen MR) is 142 cm³/mol. The Bertz CT molecular complexity index is 1260. The first kappa shape index (κ1) is 27.5. The molecule has 8 nitrogen and oxygen atoms in total. The van der Waals surface area contributed by atoms with Crippen LogP contribution in [-0.4, -0.2) is 52.9 Å². The number of piperidine rings is 1. The van der Waals surface area contributed by atoms with Crippen molar-refractivity contribution in [3.05, 3.63) is 46.5 Å². The molecule has 2 fully saturated rings. The van der Waals surface area contributed by atoms with Crippen LogP contribution in [0.5, 0.6) is 5.88 Å². The number of ether oxygens (including phenoxy) is 1. The van der Waals surface area contributed by atoms with Crippen LogP contribution in [-0.2, 0) is 4.79 Å². The van der Waals surface area contributed by atoms with Crippen molar-refractivity contribution >= 4 is 34.9 Å². The van der Waals surface area contributed by atoms with E-state index in [4.69, 9.17) is 22.1 Å². The van der Waals surface area contributed by atoms with Crippen LogP contribution in [0.2, 0.25) is 5.02 Å². The second-order valence-electron chi connectivity index (χ2n) is 10.6. The molecule has 1 unspecified atom stereocenters. The standard InChI is InChI=1S/C27H31ClF3N5O3/c28-17-6-7-18(19(12-17)16-4-2-1-3-5-16)23(27(29,30)31)39-22-13-21(34-25(32)35-22)36-10-8-26(9-11-36)14-20(24(37)38)33-15-26/h4,6-7,12-13,20,23,33H,1-3,5,8-11,14-15H2,(H,37,38)(H2,32,34,35)/t20-,23?/m0/s1. The van der Waals surface area contributed by atoms with Gasteiger partial charge in [0.05, 0.1) is 0 Å². The van der Waals surface area contributed by atoms with Gasteiger partial charge in [-0.1, -0.05) is 23.7 Å². The Hall–Kier alpha value is -3.05. The molecule has 0 amide bonds. The number of nitrogens with one attached hydrogen (secondary N) is 1. The van der Waals surface area contributed by atoms with Crippen molar-refractivity contribution in [2.75, 3.05) is 30.3 Å². The molecule has 12 heteroatoms. The number of carboxylic acid groups (broad SMARTS) is 1. The molecule has 3 heterocycles. The van der Waals surface area contributed by atoms with Crippen molar-refractivity contribution < 1.29 is 27.8 Å². The molecule has 2 aromatic rings. The molecule has 2 saturated heterocycles. The summed E-state index contributed by atoms with van der Waals surface area (Å²) in [7, 11) is 0. The maximum Gasteiger partial charge on any atom is 0.429 e. The van der Waals surface area contributed by atoms with E-state index in [1.165, 1.54) is 18.2 Å². The third kappa shape index (κ3) is 6.09. The van der Waals surface area contributed by atoms with Crippen LogP contribution in [0.15, 0.2) is 30.3 Å². The van der Waals surface area contributed by atoms with Gasteiger partial charge >= 0.3 is 12.1 Å². The fourth-order valence-corrected chi connectivity index (χ4v) is 6.05. The SMILES string of the molecule is Nc1nc(OC(c2ccc(Cl)cc2C2=CCCCC2)C(F)(F)F)cc(N2CCC3(CC2)CN[C@H](C(=O)O)C3)n1. The normalized spacial score (nSPS) is 22.0. The molecule has 210 valence electrons. The van der Waals surface area contributed by atoms with E-state index >= 15 is 0 Å². The summed E-state index contributed by atoms with van der Waals surface area (Å²) in [6.07, 6.45) is 0.300. The first-order chi connectivity index (χ1) is 18.5. The van der Waals surface area contributed by atoms with Gasteiger partial charge in [0.1, 0.15) is 11.9 Å². The lowest BCUT2D eigenvalue weighted by atomic mass is 9.76. The summed E-state index contributed by atoms with van der Waals surface area (Å²) >= 11 is 6.19. The first-order valence-corrected chi connectivity index (χ1v) is 13.5. The van der Waals surface area contributed by atoms with Gasteiger partial charge in [-0.25, -0.2) is 0 Å². The van der Waals surface area contributed by atoms with E-state index in [2.05, 4.69) is 15.3 Å². The molecular weight excluding hydrogens is 535 g/mol. The highest BCUT2D eigenvalue weighted by Gasteiger charge is 2.46. The molecule has 0 radical (unpaired) electrons. The maximum absolute atomic E-state index is 14.4. The zero-order valence-electron chi connectivity index (χ0n) is 21.3. The lowest BCUT2D eigenvalue weighted by Crippen LogP contribution is -2.41. The zero-order chi connectivity index (χ0) is 27.8. The fraction of sp³-hybridized carbons (Fsp3) is 0.519. The van der Waals surface area contributed by atoms with Crippen LogP contribution >= 0.6 is 11.6 Å². The van der Waals surface area contributed by atoms with E-state index in [0.717, 1.165) is 37.7 Å². The number of rotatable bonds is 6. The van der Waals surface area contributed by atoms with E-state index < -0.39 is 24.3 Å². The van der Waals surface area contributed by atoms with Crippen LogP contribution < -0.4 is 20.7 Å². The van der Waals surface area contributed by atoms with E-state index in [1.54, 1.807) is 6.07 Å². The number of halogens is 4. The molecule has 1 aliphatic carbocycles. The van der Waals surface area contributed by atoms with Crippen molar-refractivity contribution in [1.82, 2.24) is 15.3 Å². The van der Waals surface area contributed by atoms with Crippen molar-refractivity contribution in [3.8, 4) is 5.88 Å². The van der Waals surface area contributed by atoms with Crippen LogP contribution in [0.4, 0.5) is 24.9 Å². The highest BCUT2D eigenvalue weighted by molar-refractivity contribution is 6.30. The molecule has 3 aliphatic rings. The largest absolute Gasteiger partial charge is 0.480 e. The van der Waals surface area contributed by atoms with Crippen molar-refractivity contribution in [2.24, 2.45) is 5.41 Å². The Morgan fingerprint density at radius 1 is 1.23 bits per heavy atom. The minimum Gasteiger partial charge on any atom is -0.480 e. The number of nitrogens with zero attached hydrogens (tertiary/aromatic N) is 3. The molecule has 2 atom stereocenters. The van der Waals surface area contributed by atoms with Crippen LogP contribution in [0, 0.1) is 5.41 Å². The van der Waals surface area contributed by atoms with E-state index in [9.17, 15) is 23.1 Å². The highest BCUT2D eigenvalue weighted by Crippen LogP contribution is 2.43. The molecule has 1 aromatic heterocycles. The number of hydrogen-bond acceptors (Lipinski definition) is 7. The molecule has 4 N–H and O–H groups in total. The monoisotopic (exact) mass is 565 g/mol. The smallest absolute Gasteiger partial charge is 0.429 e. The topological polar surface area (TPSA) is 114 Å². The second kappa shape index (κ2) is 10.8. The number of benzene rings is 1. The van der Waals surface area contributed by atoms with Gasteiger partial charge in [-0.3, -0.25) is 4.79 Å². The van der Waals surface area contributed by atoms with Gasteiger partial charge in [-0.05, 0) is 73.6 Å². The maximum atomic E-state index is 14.4. The number of hydrogen-bond donors (Lipinski definition) is 3. The van der Waals surface area contributed by atoms with Gasteiger partial charge < -0.3 is 25.8 Å². The molecular formula is C27H31ClF3N5O3. The van der Waals surface area contributed by atoms with Gasteiger partial charge in [0.15, 0.2) is 0 Å². The Morgan fingerprint density at radius 3 is 2.64 bits per heavy atom. The van der Waals surface area contributed by atoms with Gasteiger partial charge in [-0.15, -0.1) is 0 Å². The van der Waals surface area contributed by atoms with Crippen LogP contribution in [0.3, 0.4) is 0 Å². The molecule has 1 spiro atoms. The average Bonchev–Trinajstić information content (AvgIpc) is 3.31. The minimum absolute atomic E-state index is 0.0274.